The van der Waals surface area contributed by atoms with Gasteiger partial charge in [-0.25, -0.2) is 12.7 Å². The number of halogens is 1. The van der Waals surface area contributed by atoms with Crippen LogP contribution in [0, 0.1) is 5.92 Å². The highest BCUT2D eigenvalue weighted by molar-refractivity contribution is 7.89. The van der Waals surface area contributed by atoms with E-state index in [1.54, 1.807) is 47.5 Å². The van der Waals surface area contributed by atoms with Crippen molar-refractivity contribution in [2.24, 2.45) is 5.92 Å². The van der Waals surface area contributed by atoms with E-state index in [4.69, 9.17) is 11.6 Å². The summed E-state index contributed by atoms with van der Waals surface area (Å²) in [4.78, 5) is 14.2. The first kappa shape index (κ1) is 19.9. The van der Waals surface area contributed by atoms with Crippen molar-refractivity contribution in [3.63, 3.8) is 0 Å². The smallest absolute Gasteiger partial charge is 0.267 e. The second kappa shape index (κ2) is 8.18. The first-order valence-electron chi connectivity index (χ1n) is 9.54. The number of hydrogen-bond donors (Lipinski definition) is 1. The maximum absolute atomic E-state index is 13.1. The molecule has 8 heteroatoms. The van der Waals surface area contributed by atoms with E-state index in [0.29, 0.717) is 17.5 Å². The van der Waals surface area contributed by atoms with Crippen molar-refractivity contribution >= 4 is 38.3 Å². The normalized spacial score (nSPS) is 18.4. The van der Waals surface area contributed by atoms with Crippen molar-refractivity contribution in [2.45, 2.75) is 17.7 Å². The molecule has 2 heterocycles. The summed E-state index contributed by atoms with van der Waals surface area (Å²) in [5.74, 6) is 0.194. The van der Waals surface area contributed by atoms with E-state index in [1.165, 1.54) is 18.5 Å². The zero-order valence-electron chi connectivity index (χ0n) is 15.8. The van der Waals surface area contributed by atoms with Gasteiger partial charge < -0.3 is 10.2 Å². The van der Waals surface area contributed by atoms with Gasteiger partial charge in [0.1, 0.15) is 0 Å². The van der Waals surface area contributed by atoms with Crippen molar-refractivity contribution in [1.29, 1.82) is 0 Å². The van der Waals surface area contributed by atoms with Gasteiger partial charge in [-0.3, -0.25) is 4.79 Å². The Hall–Kier alpha value is -2.35. The molecule has 2 aliphatic heterocycles. The number of amides is 1. The van der Waals surface area contributed by atoms with Crippen LogP contribution in [0.25, 0.3) is 10.8 Å². The van der Waals surface area contributed by atoms with Crippen LogP contribution in [0.1, 0.15) is 12.8 Å². The maximum Gasteiger partial charge on any atom is 0.267 e. The van der Waals surface area contributed by atoms with E-state index in [2.05, 4.69) is 5.32 Å². The Kier molecular flexibility index (Phi) is 5.63. The summed E-state index contributed by atoms with van der Waals surface area (Å²) in [5, 5.41) is 5.54. The highest BCUT2D eigenvalue weighted by Gasteiger charge is 2.24. The summed E-state index contributed by atoms with van der Waals surface area (Å²) >= 11 is 6.00. The minimum Gasteiger partial charge on any atom is -0.317 e. The Balaban J connectivity index is 1.58. The van der Waals surface area contributed by atoms with Crippen LogP contribution < -0.4 is 5.32 Å². The number of hydrogen-bond acceptors (Lipinski definition) is 4. The molecule has 0 unspecified atom stereocenters. The molecule has 0 spiro atoms. The second-order valence-electron chi connectivity index (χ2n) is 7.29. The van der Waals surface area contributed by atoms with Gasteiger partial charge in [-0.1, -0.05) is 23.7 Å². The summed E-state index contributed by atoms with van der Waals surface area (Å²) in [6.07, 6.45) is 7.61. The fraction of sp³-hybridized carbons (Fsp3) is 0.286. The molecule has 0 aliphatic carbocycles. The fourth-order valence-electron chi connectivity index (χ4n) is 3.63. The van der Waals surface area contributed by atoms with Gasteiger partial charge in [-0.2, -0.15) is 0 Å². The molecule has 152 valence electrons. The Labute approximate surface area is 175 Å². The van der Waals surface area contributed by atoms with Crippen molar-refractivity contribution in [3.8, 4) is 0 Å². The van der Waals surface area contributed by atoms with Gasteiger partial charge in [0.2, 0.25) is 0 Å². The molecule has 0 aromatic heterocycles. The molecule has 1 N–H and O–H groups in total. The van der Waals surface area contributed by atoms with Crippen LogP contribution in [0.3, 0.4) is 0 Å². The molecule has 2 aromatic carbocycles. The first-order chi connectivity index (χ1) is 13.9. The summed E-state index contributed by atoms with van der Waals surface area (Å²) in [5.41, 5.74) is 0. The molecule has 4 rings (SSSR count). The molecule has 6 nitrogen and oxygen atoms in total. The number of benzene rings is 2. The Morgan fingerprint density at radius 2 is 1.72 bits per heavy atom. The third-order valence-electron chi connectivity index (χ3n) is 5.30. The topological polar surface area (TPSA) is 69.7 Å². The third kappa shape index (κ3) is 4.32. The van der Waals surface area contributed by atoms with Gasteiger partial charge in [0, 0.05) is 36.2 Å². The summed E-state index contributed by atoms with van der Waals surface area (Å²) in [7, 11) is -3.83. The van der Waals surface area contributed by atoms with Gasteiger partial charge in [-0.15, -0.1) is 0 Å². The number of carbonyl (C=O) groups excluding carboxylic acids is 1. The highest BCUT2D eigenvalue weighted by Crippen LogP contribution is 2.25. The van der Waals surface area contributed by atoms with E-state index in [-0.39, 0.29) is 10.8 Å². The average molecular weight is 432 g/mol. The van der Waals surface area contributed by atoms with Gasteiger partial charge in [0.25, 0.3) is 15.9 Å². The average Bonchev–Trinajstić information content (AvgIpc) is 2.90. The first-order valence-corrected chi connectivity index (χ1v) is 11.4. The number of fused-ring (bicyclic) bond motifs is 1. The van der Waals surface area contributed by atoms with Crippen molar-refractivity contribution < 1.29 is 13.2 Å². The SMILES string of the molecule is O=C1C=CN(S(=O)(=O)c2ccc3cc(Cl)ccc3c2)C=CN1CC1CCNCC1. The predicted molar refractivity (Wildman–Crippen MR) is 114 cm³/mol. The van der Waals surface area contributed by atoms with Gasteiger partial charge >= 0.3 is 0 Å². The van der Waals surface area contributed by atoms with Crippen molar-refractivity contribution in [3.05, 3.63) is 66.1 Å². The number of nitrogens with zero attached hydrogens (tertiary/aromatic N) is 2. The third-order valence-corrected chi connectivity index (χ3v) is 7.19. The van der Waals surface area contributed by atoms with Crippen molar-refractivity contribution in [2.75, 3.05) is 19.6 Å². The molecule has 2 aromatic rings. The molecule has 1 saturated heterocycles. The monoisotopic (exact) mass is 431 g/mol. The standard InChI is InChI=1S/C21H22ClN3O3S/c22-19-3-1-18-14-20(4-2-17(18)13-19)29(27,28)25-10-7-21(26)24(11-12-25)15-16-5-8-23-9-6-16/h1-4,7,10-14,16,23H,5-6,8-9,15H2. The van der Waals surface area contributed by atoms with Crippen LogP contribution >= 0.6 is 11.6 Å². The second-order valence-corrected chi connectivity index (χ2v) is 9.57. The number of carbonyl (C=O) groups is 1. The number of nitrogens with one attached hydrogen (secondary N) is 1. The lowest BCUT2D eigenvalue weighted by atomic mass is 9.97. The van der Waals surface area contributed by atoms with E-state index in [0.717, 1.165) is 41.0 Å². The molecule has 0 atom stereocenters. The van der Waals surface area contributed by atoms with E-state index in [9.17, 15) is 13.2 Å². The summed E-state index contributed by atoms with van der Waals surface area (Å²) < 4.78 is 27.3. The Morgan fingerprint density at radius 1 is 1.00 bits per heavy atom. The summed E-state index contributed by atoms with van der Waals surface area (Å²) in [6, 6.07) is 10.2. The highest BCUT2D eigenvalue weighted by atomic mass is 35.5. The minimum absolute atomic E-state index is 0.154. The van der Waals surface area contributed by atoms with Gasteiger partial charge in [0.15, 0.2) is 0 Å². The zero-order valence-corrected chi connectivity index (χ0v) is 17.4. The van der Waals surface area contributed by atoms with Crippen LogP contribution in [-0.4, -0.2) is 43.2 Å². The molecule has 1 fully saturated rings. The summed E-state index contributed by atoms with van der Waals surface area (Å²) in [6.45, 7) is 2.48. The largest absolute Gasteiger partial charge is 0.317 e. The lowest BCUT2D eigenvalue weighted by Crippen LogP contribution is -2.36. The Bertz CT molecular complexity index is 1090. The molecular formula is C21H22ClN3O3S. The molecule has 0 saturated carbocycles. The number of rotatable bonds is 4. The number of sulfonamides is 1. The Morgan fingerprint density at radius 3 is 2.52 bits per heavy atom. The van der Waals surface area contributed by atoms with Gasteiger partial charge in [-0.05, 0) is 66.9 Å². The van der Waals surface area contributed by atoms with Crippen LogP contribution in [0.15, 0.2) is 66.0 Å². The molecule has 2 aliphatic rings. The van der Waals surface area contributed by atoms with Crippen LogP contribution in [0.5, 0.6) is 0 Å². The molecule has 29 heavy (non-hydrogen) atoms. The number of piperidine rings is 1. The molecule has 0 bridgehead atoms. The minimum atomic E-state index is -3.83. The predicted octanol–water partition coefficient (Wildman–Crippen LogP) is 3.31. The lowest BCUT2D eigenvalue weighted by molar-refractivity contribution is -0.124. The maximum atomic E-state index is 13.1. The van der Waals surface area contributed by atoms with E-state index < -0.39 is 10.0 Å². The molecule has 1 amide bonds. The van der Waals surface area contributed by atoms with Crippen LogP contribution in [-0.2, 0) is 14.8 Å². The fourth-order valence-corrected chi connectivity index (χ4v) is 5.01. The van der Waals surface area contributed by atoms with E-state index >= 15 is 0 Å². The van der Waals surface area contributed by atoms with E-state index in [1.807, 2.05) is 0 Å². The zero-order chi connectivity index (χ0) is 20.4. The van der Waals surface area contributed by atoms with Gasteiger partial charge in [0.05, 0.1) is 4.90 Å². The van der Waals surface area contributed by atoms with Crippen molar-refractivity contribution in [1.82, 2.24) is 14.5 Å². The lowest BCUT2D eigenvalue weighted by Gasteiger charge is -2.27. The quantitative estimate of drug-likeness (QED) is 0.806. The molecular weight excluding hydrogens is 410 g/mol. The van der Waals surface area contributed by atoms with Crippen LogP contribution in [0.2, 0.25) is 5.02 Å². The van der Waals surface area contributed by atoms with Crippen LogP contribution in [0.4, 0.5) is 0 Å². The molecule has 0 radical (unpaired) electrons.